The molecule has 3 heteroatoms. The molecule has 1 heterocycles. The van der Waals surface area contributed by atoms with E-state index in [9.17, 15) is 4.79 Å². The van der Waals surface area contributed by atoms with Crippen LogP contribution in [0.3, 0.4) is 0 Å². The number of ether oxygens (including phenoxy) is 1. The normalized spacial score (nSPS) is 19.4. The van der Waals surface area contributed by atoms with E-state index in [4.69, 9.17) is 10.5 Å². The predicted octanol–water partition coefficient (Wildman–Crippen LogP) is 1.11. The van der Waals surface area contributed by atoms with E-state index in [0.29, 0.717) is 6.42 Å². The first-order valence-electron chi connectivity index (χ1n) is 4.23. The zero-order valence-electron chi connectivity index (χ0n) is 7.41. The first kappa shape index (κ1) is 8.26. The number of carbonyl (C=O) groups is 1. The third-order valence-corrected chi connectivity index (χ3v) is 2.20. The van der Waals surface area contributed by atoms with Crippen LogP contribution >= 0.6 is 0 Å². The lowest BCUT2D eigenvalue weighted by Crippen LogP contribution is -2.24. The van der Waals surface area contributed by atoms with E-state index < -0.39 is 0 Å². The van der Waals surface area contributed by atoms with E-state index in [2.05, 4.69) is 0 Å². The molecule has 0 aliphatic carbocycles. The van der Waals surface area contributed by atoms with Crippen LogP contribution in [-0.4, -0.2) is 12.0 Å². The number of nitrogens with two attached hydrogens (primary N) is 1. The fourth-order valence-corrected chi connectivity index (χ4v) is 1.62. The van der Waals surface area contributed by atoms with Crippen molar-refractivity contribution in [1.82, 2.24) is 0 Å². The van der Waals surface area contributed by atoms with E-state index >= 15 is 0 Å². The number of hydrogen-bond donors (Lipinski definition) is 1. The minimum Gasteiger partial charge on any atom is -0.475 e. The van der Waals surface area contributed by atoms with Crippen LogP contribution in [-0.2, 0) is 6.42 Å². The molecule has 0 saturated carbocycles. The predicted molar refractivity (Wildman–Crippen MR) is 48.8 cm³/mol. The SMILES string of the molecule is CC(=O)c1cccc2c1CC(N)O2. The van der Waals surface area contributed by atoms with Gasteiger partial charge in [0.15, 0.2) is 12.0 Å². The molecule has 0 amide bonds. The number of fused-ring (bicyclic) bond motifs is 1. The van der Waals surface area contributed by atoms with Gasteiger partial charge in [0.1, 0.15) is 5.75 Å². The van der Waals surface area contributed by atoms with E-state index in [1.54, 1.807) is 6.92 Å². The van der Waals surface area contributed by atoms with Crippen molar-refractivity contribution >= 4 is 5.78 Å². The molecule has 1 atom stereocenters. The second-order valence-corrected chi connectivity index (χ2v) is 3.20. The summed E-state index contributed by atoms with van der Waals surface area (Å²) in [6, 6.07) is 5.46. The van der Waals surface area contributed by atoms with Crippen LogP contribution in [0.2, 0.25) is 0 Å². The van der Waals surface area contributed by atoms with Gasteiger partial charge < -0.3 is 4.74 Å². The monoisotopic (exact) mass is 177 g/mol. The third-order valence-electron chi connectivity index (χ3n) is 2.20. The zero-order valence-corrected chi connectivity index (χ0v) is 7.41. The Morgan fingerprint density at radius 1 is 1.62 bits per heavy atom. The maximum atomic E-state index is 11.2. The van der Waals surface area contributed by atoms with Crippen molar-refractivity contribution in [2.24, 2.45) is 5.73 Å². The highest BCUT2D eigenvalue weighted by Gasteiger charge is 2.23. The van der Waals surface area contributed by atoms with E-state index in [1.807, 2.05) is 18.2 Å². The maximum absolute atomic E-state index is 11.2. The highest BCUT2D eigenvalue weighted by molar-refractivity contribution is 5.96. The maximum Gasteiger partial charge on any atom is 0.160 e. The second-order valence-electron chi connectivity index (χ2n) is 3.20. The van der Waals surface area contributed by atoms with Crippen molar-refractivity contribution in [2.75, 3.05) is 0 Å². The summed E-state index contributed by atoms with van der Waals surface area (Å²) in [5, 5.41) is 0. The molecule has 13 heavy (non-hydrogen) atoms. The van der Waals surface area contributed by atoms with Gasteiger partial charge in [-0.15, -0.1) is 0 Å². The van der Waals surface area contributed by atoms with Crippen LogP contribution in [0.4, 0.5) is 0 Å². The second kappa shape index (κ2) is 2.85. The molecule has 1 aromatic carbocycles. The van der Waals surface area contributed by atoms with E-state index in [1.165, 1.54) is 0 Å². The van der Waals surface area contributed by atoms with Gasteiger partial charge in [-0.3, -0.25) is 10.5 Å². The summed E-state index contributed by atoms with van der Waals surface area (Å²) < 4.78 is 5.32. The molecule has 2 N–H and O–H groups in total. The van der Waals surface area contributed by atoms with Gasteiger partial charge in [0, 0.05) is 17.5 Å². The van der Waals surface area contributed by atoms with Gasteiger partial charge in [0.05, 0.1) is 0 Å². The Hall–Kier alpha value is -1.35. The molecule has 0 saturated heterocycles. The Bertz CT molecular complexity index is 360. The van der Waals surface area contributed by atoms with Crippen LogP contribution < -0.4 is 10.5 Å². The smallest absolute Gasteiger partial charge is 0.160 e. The standard InChI is InChI=1S/C10H11NO2/c1-6(12)7-3-2-4-9-8(7)5-10(11)13-9/h2-4,10H,5,11H2,1H3. The first-order chi connectivity index (χ1) is 6.18. The summed E-state index contributed by atoms with van der Waals surface area (Å²) in [5.41, 5.74) is 7.29. The van der Waals surface area contributed by atoms with Crippen LogP contribution in [0, 0.1) is 0 Å². The van der Waals surface area contributed by atoms with Gasteiger partial charge in [-0.1, -0.05) is 12.1 Å². The molecule has 1 aliphatic rings. The van der Waals surface area contributed by atoms with Crippen molar-refractivity contribution in [2.45, 2.75) is 19.6 Å². The zero-order chi connectivity index (χ0) is 9.42. The van der Waals surface area contributed by atoms with Gasteiger partial charge >= 0.3 is 0 Å². The average Bonchev–Trinajstić information content (AvgIpc) is 2.43. The molecular weight excluding hydrogens is 166 g/mol. The van der Waals surface area contributed by atoms with Crippen molar-refractivity contribution in [3.8, 4) is 5.75 Å². The van der Waals surface area contributed by atoms with Crippen molar-refractivity contribution in [3.63, 3.8) is 0 Å². The molecule has 0 aromatic heterocycles. The summed E-state index contributed by atoms with van der Waals surface area (Å²) in [5.74, 6) is 0.815. The van der Waals surface area contributed by atoms with Gasteiger partial charge in [-0.25, -0.2) is 0 Å². The molecule has 0 spiro atoms. The number of benzene rings is 1. The molecule has 1 aliphatic heterocycles. The van der Waals surface area contributed by atoms with Crippen LogP contribution in [0.1, 0.15) is 22.8 Å². The van der Waals surface area contributed by atoms with Crippen LogP contribution in [0.25, 0.3) is 0 Å². The number of Topliss-reactive ketones (excluding diaryl/α,β-unsaturated/α-hetero) is 1. The average molecular weight is 177 g/mol. The Morgan fingerprint density at radius 3 is 3.08 bits per heavy atom. The quantitative estimate of drug-likeness (QED) is 0.654. The largest absolute Gasteiger partial charge is 0.475 e. The summed E-state index contributed by atoms with van der Waals surface area (Å²) in [6.07, 6.45) is 0.334. The summed E-state index contributed by atoms with van der Waals surface area (Å²) >= 11 is 0. The lowest BCUT2D eigenvalue weighted by Gasteiger charge is -2.02. The highest BCUT2D eigenvalue weighted by Crippen LogP contribution is 2.29. The van der Waals surface area contributed by atoms with Crippen LogP contribution in [0.5, 0.6) is 5.75 Å². The molecule has 2 rings (SSSR count). The Balaban J connectivity index is 2.51. The minimum atomic E-state index is -0.296. The Labute approximate surface area is 76.5 Å². The number of hydrogen-bond acceptors (Lipinski definition) is 3. The molecule has 0 fully saturated rings. The number of ketones is 1. The van der Waals surface area contributed by atoms with Crippen molar-refractivity contribution in [3.05, 3.63) is 29.3 Å². The summed E-state index contributed by atoms with van der Waals surface area (Å²) in [4.78, 5) is 11.2. The lowest BCUT2D eigenvalue weighted by molar-refractivity contribution is 0.101. The van der Waals surface area contributed by atoms with Crippen molar-refractivity contribution in [1.29, 1.82) is 0 Å². The lowest BCUT2D eigenvalue weighted by atomic mass is 10.0. The Morgan fingerprint density at radius 2 is 2.38 bits per heavy atom. The van der Waals surface area contributed by atoms with Crippen molar-refractivity contribution < 1.29 is 9.53 Å². The fourth-order valence-electron chi connectivity index (χ4n) is 1.62. The highest BCUT2D eigenvalue weighted by atomic mass is 16.5. The number of rotatable bonds is 1. The molecule has 0 radical (unpaired) electrons. The summed E-state index contributed by atoms with van der Waals surface area (Å²) in [6.45, 7) is 1.56. The van der Waals surface area contributed by atoms with E-state index in [0.717, 1.165) is 16.9 Å². The molecule has 1 unspecified atom stereocenters. The van der Waals surface area contributed by atoms with Gasteiger partial charge in [-0.2, -0.15) is 0 Å². The molecule has 68 valence electrons. The first-order valence-corrected chi connectivity index (χ1v) is 4.23. The molecule has 1 aromatic rings. The van der Waals surface area contributed by atoms with Gasteiger partial charge in [0.2, 0.25) is 0 Å². The van der Waals surface area contributed by atoms with E-state index in [-0.39, 0.29) is 12.0 Å². The van der Waals surface area contributed by atoms with Crippen LogP contribution in [0.15, 0.2) is 18.2 Å². The van der Waals surface area contributed by atoms with Gasteiger partial charge in [-0.05, 0) is 13.0 Å². The van der Waals surface area contributed by atoms with Gasteiger partial charge in [0.25, 0.3) is 0 Å². The Kier molecular flexibility index (Phi) is 1.81. The fraction of sp³-hybridized carbons (Fsp3) is 0.300. The number of carbonyl (C=O) groups excluding carboxylic acids is 1. The topological polar surface area (TPSA) is 52.3 Å². The third kappa shape index (κ3) is 1.31. The minimum absolute atomic E-state index is 0.0644. The molecule has 0 bridgehead atoms. The molecular formula is C10H11NO2. The summed E-state index contributed by atoms with van der Waals surface area (Å²) in [7, 11) is 0. The molecule has 3 nitrogen and oxygen atoms in total.